The second-order valence-electron chi connectivity index (χ2n) is 5.79. The van der Waals surface area contributed by atoms with Crippen LogP contribution in [0.1, 0.15) is 45.1 Å². The fourth-order valence-electron chi connectivity index (χ4n) is 2.86. The summed E-state index contributed by atoms with van der Waals surface area (Å²) in [5.74, 6) is -0.704. The molecule has 0 aliphatic carbocycles. The molecule has 1 unspecified atom stereocenters. The first kappa shape index (κ1) is 14.6. The van der Waals surface area contributed by atoms with Gasteiger partial charge in [-0.25, -0.2) is 0 Å². The number of hydrogen-bond donors (Lipinski definition) is 1. The van der Waals surface area contributed by atoms with Gasteiger partial charge in [0.25, 0.3) is 0 Å². The smallest absolute Gasteiger partial charge is 0.303 e. The van der Waals surface area contributed by atoms with Crippen LogP contribution in [0, 0.1) is 6.92 Å². The van der Waals surface area contributed by atoms with Crippen LogP contribution < -0.4 is 0 Å². The molecular weight excluding hydrogens is 250 g/mol. The molecule has 1 atom stereocenters. The van der Waals surface area contributed by atoms with Crippen LogP contribution in [-0.2, 0) is 10.2 Å². The SMILES string of the molecule is [CH2+]C1(C)C(C)=[N+](CCCCCC(=O)O)c2ccccc21. The molecule has 0 radical (unpaired) electrons. The second-order valence-corrected chi connectivity index (χ2v) is 5.79. The first-order chi connectivity index (χ1) is 9.44. The number of fused-ring (bicyclic) bond motifs is 1. The third-order valence-electron chi connectivity index (χ3n) is 4.27. The number of carboxylic acid groups (broad SMARTS) is 1. The quantitative estimate of drug-likeness (QED) is 0.489. The fourth-order valence-corrected chi connectivity index (χ4v) is 2.86. The van der Waals surface area contributed by atoms with E-state index in [2.05, 4.69) is 49.6 Å². The van der Waals surface area contributed by atoms with Crippen molar-refractivity contribution in [1.29, 1.82) is 0 Å². The highest BCUT2D eigenvalue weighted by molar-refractivity contribution is 5.94. The summed E-state index contributed by atoms with van der Waals surface area (Å²) in [6.45, 7) is 9.59. The van der Waals surface area contributed by atoms with Crippen molar-refractivity contribution in [1.82, 2.24) is 0 Å². The van der Waals surface area contributed by atoms with Crippen molar-refractivity contribution in [2.75, 3.05) is 6.54 Å². The largest absolute Gasteiger partial charge is 0.481 e. The molecule has 106 valence electrons. The van der Waals surface area contributed by atoms with E-state index in [0.717, 1.165) is 25.8 Å². The number of rotatable bonds is 6. The highest BCUT2D eigenvalue weighted by Gasteiger charge is 2.48. The highest BCUT2D eigenvalue weighted by Crippen LogP contribution is 2.38. The van der Waals surface area contributed by atoms with E-state index < -0.39 is 5.97 Å². The van der Waals surface area contributed by atoms with Crippen LogP contribution in [0.3, 0.4) is 0 Å². The summed E-state index contributed by atoms with van der Waals surface area (Å²) in [5.41, 5.74) is 3.65. The Morgan fingerprint density at radius 2 is 2.00 bits per heavy atom. The van der Waals surface area contributed by atoms with Gasteiger partial charge in [-0.15, -0.1) is 0 Å². The lowest BCUT2D eigenvalue weighted by Crippen LogP contribution is -2.27. The summed E-state index contributed by atoms with van der Waals surface area (Å²) < 4.78 is 2.34. The first-order valence-corrected chi connectivity index (χ1v) is 7.23. The van der Waals surface area contributed by atoms with Crippen LogP contribution in [0.2, 0.25) is 0 Å². The maximum Gasteiger partial charge on any atom is 0.303 e. The molecular formula is C17H23NO2+2. The van der Waals surface area contributed by atoms with E-state index in [1.165, 1.54) is 17.0 Å². The van der Waals surface area contributed by atoms with Crippen molar-refractivity contribution < 1.29 is 14.5 Å². The molecule has 1 aromatic rings. The number of aliphatic carboxylic acids is 1. The molecule has 0 saturated heterocycles. The summed E-state index contributed by atoms with van der Waals surface area (Å²) in [6, 6.07) is 8.42. The Balaban J connectivity index is 2.04. The predicted molar refractivity (Wildman–Crippen MR) is 80.7 cm³/mol. The Kier molecular flexibility index (Phi) is 4.17. The van der Waals surface area contributed by atoms with Crippen LogP contribution in [0.5, 0.6) is 0 Å². The minimum atomic E-state index is -0.704. The molecule has 1 aliphatic heterocycles. The van der Waals surface area contributed by atoms with E-state index in [-0.39, 0.29) is 11.8 Å². The molecule has 0 aromatic heterocycles. The van der Waals surface area contributed by atoms with Crippen molar-refractivity contribution in [3.8, 4) is 0 Å². The zero-order chi connectivity index (χ0) is 14.8. The van der Waals surface area contributed by atoms with Gasteiger partial charge in [0, 0.05) is 25.8 Å². The predicted octanol–water partition coefficient (Wildman–Crippen LogP) is 3.54. The maximum absolute atomic E-state index is 10.5. The third-order valence-corrected chi connectivity index (χ3v) is 4.27. The van der Waals surface area contributed by atoms with Gasteiger partial charge in [-0.05, 0) is 25.8 Å². The minimum Gasteiger partial charge on any atom is -0.481 e. The van der Waals surface area contributed by atoms with Crippen LogP contribution in [0.4, 0.5) is 5.69 Å². The van der Waals surface area contributed by atoms with Gasteiger partial charge in [-0.3, -0.25) is 4.79 Å². The lowest BCUT2D eigenvalue weighted by molar-refractivity contribution is -0.439. The van der Waals surface area contributed by atoms with Gasteiger partial charge >= 0.3 is 5.97 Å². The van der Waals surface area contributed by atoms with Crippen molar-refractivity contribution in [2.45, 2.75) is 44.9 Å². The normalized spacial score (nSPS) is 21.1. The number of carbonyl (C=O) groups is 1. The van der Waals surface area contributed by atoms with Crippen molar-refractivity contribution in [3.05, 3.63) is 36.8 Å². The Bertz CT molecular complexity index is 544. The molecule has 0 spiro atoms. The van der Waals surface area contributed by atoms with Crippen LogP contribution in [-0.4, -0.2) is 27.9 Å². The molecule has 1 N–H and O–H groups in total. The maximum atomic E-state index is 10.5. The van der Waals surface area contributed by atoms with Crippen molar-refractivity contribution >= 4 is 17.4 Å². The number of carboxylic acids is 1. The van der Waals surface area contributed by atoms with Crippen LogP contribution in [0.15, 0.2) is 24.3 Å². The van der Waals surface area contributed by atoms with Gasteiger partial charge in [0.2, 0.25) is 16.8 Å². The molecule has 3 nitrogen and oxygen atoms in total. The lowest BCUT2D eigenvalue weighted by Gasteiger charge is -2.06. The van der Waals surface area contributed by atoms with Crippen LogP contribution in [0.25, 0.3) is 0 Å². The van der Waals surface area contributed by atoms with E-state index >= 15 is 0 Å². The van der Waals surface area contributed by atoms with Crippen molar-refractivity contribution in [3.63, 3.8) is 0 Å². The summed E-state index contributed by atoms with van der Waals surface area (Å²) in [7, 11) is 0. The minimum absolute atomic E-state index is 0.155. The average molecular weight is 273 g/mol. The topological polar surface area (TPSA) is 40.3 Å². The average Bonchev–Trinajstić information content (AvgIpc) is 2.59. The van der Waals surface area contributed by atoms with E-state index in [1.54, 1.807) is 0 Å². The van der Waals surface area contributed by atoms with Gasteiger partial charge in [0.05, 0.1) is 12.5 Å². The molecule has 1 aliphatic rings. The Labute approximate surface area is 121 Å². The molecule has 20 heavy (non-hydrogen) atoms. The van der Waals surface area contributed by atoms with Gasteiger partial charge in [-0.2, -0.15) is 4.58 Å². The Hall–Kier alpha value is -1.77. The Morgan fingerprint density at radius 1 is 1.30 bits per heavy atom. The molecule has 0 saturated carbocycles. The summed E-state index contributed by atoms with van der Waals surface area (Å²) >= 11 is 0. The van der Waals surface area contributed by atoms with Crippen LogP contribution >= 0.6 is 0 Å². The third kappa shape index (κ3) is 2.72. The second kappa shape index (κ2) is 5.70. The number of hydrogen-bond acceptors (Lipinski definition) is 1. The molecule has 2 rings (SSSR count). The van der Waals surface area contributed by atoms with E-state index in [1.807, 2.05) is 0 Å². The van der Waals surface area contributed by atoms with E-state index in [4.69, 9.17) is 5.11 Å². The number of benzene rings is 1. The Morgan fingerprint density at radius 3 is 2.70 bits per heavy atom. The van der Waals surface area contributed by atoms with E-state index in [0.29, 0.717) is 0 Å². The zero-order valence-corrected chi connectivity index (χ0v) is 12.4. The van der Waals surface area contributed by atoms with E-state index in [9.17, 15) is 4.79 Å². The highest BCUT2D eigenvalue weighted by atomic mass is 16.4. The van der Waals surface area contributed by atoms with Gasteiger partial charge in [0.1, 0.15) is 6.54 Å². The molecule has 1 aromatic carbocycles. The standard InChI is InChI=1S/C17H22NO2/c1-13-17(2,3)14-9-6-7-10-15(14)18(13)12-8-4-5-11-16(19)20/h6-7,9-10H,2,4-5,8,11-12H2,1,3H3/q+1/p+1. The number of nitrogens with zero attached hydrogens (tertiary/aromatic N) is 1. The first-order valence-electron chi connectivity index (χ1n) is 7.23. The van der Waals surface area contributed by atoms with Gasteiger partial charge in [-0.1, -0.05) is 12.1 Å². The molecule has 1 heterocycles. The van der Waals surface area contributed by atoms with Gasteiger partial charge < -0.3 is 5.11 Å². The monoisotopic (exact) mass is 273 g/mol. The molecule has 0 amide bonds. The summed E-state index contributed by atoms with van der Waals surface area (Å²) in [6.07, 6.45) is 2.99. The number of unbranched alkanes of at least 4 members (excludes halogenated alkanes) is 2. The zero-order valence-electron chi connectivity index (χ0n) is 12.4. The van der Waals surface area contributed by atoms with Crippen molar-refractivity contribution in [2.24, 2.45) is 0 Å². The molecule has 0 fully saturated rings. The fraction of sp³-hybridized carbons (Fsp3) is 0.471. The van der Waals surface area contributed by atoms with Gasteiger partial charge in [0.15, 0.2) is 0 Å². The molecule has 3 heteroatoms. The summed E-state index contributed by atoms with van der Waals surface area (Å²) in [4.78, 5) is 10.5. The number of para-hydroxylation sites is 1. The lowest BCUT2D eigenvalue weighted by atomic mass is 9.82. The molecule has 0 bridgehead atoms. The summed E-state index contributed by atoms with van der Waals surface area (Å²) in [5, 5.41) is 8.64.